The Balaban J connectivity index is 1.57. The molecule has 5 nitrogen and oxygen atoms in total. The Hall–Kier alpha value is -2.57. The molecule has 2 atom stereocenters. The Morgan fingerprint density at radius 2 is 1.81 bits per heavy atom. The second-order valence-corrected chi connectivity index (χ2v) is 8.79. The van der Waals surface area contributed by atoms with Crippen LogP contribution in [0.15, 0.2) is 52.3 Å². The fraction of sp³-hybridized carbons (Fsp3) is 0.286. The lowest BCUT2D eigenvalue weighted by Crippen LogP contribution is -2.34. The minimum atomic E-state index is -5.74. The van der Waals surface area contributed by atoms with Crippen LogP contribution >= 0.6 is 22.6 Å². The van der Waals surface area contributed by atoms with Crippen molar-refractivity contribution in [2.45, 2.75) is 25.6 Å². The van der Waals surface area contributed by atoms with Gasteiger partial charge in [0.05, 0.1) is 24.1 Å². The molecule has 32 heavy (non-hydrogen) atoms. The van der Waals surface area contributed by atoms with Crippen LogP contribution < -0.4 is 4.90 Å². The van der Waals surface area contributed by atoms with Crippen molar-refractivity contribution in [2.24, 2.45) is 11.8 Å². The van der Waals surface area contributed by atoms with E-state index in [1.807, 2.05) is 22.6 Å². The van der Waals surface area contributed by atoms with E-state index in [-0.39, 0.29) is 18.4 Å². The highest BCUT2D eigenvalue weighted by Crippen LogP contribution is 2.43. The molecule has 11 heteroatoms. The van der Waals surface area contributed by atoms with Crippen molar-refractivity contribution in [2.75, 3.05) is 4.90 Å². The van der Waals surface area contributed by atoms with Crippen LogP contribution in [-0.4, -0.2) is 27.8 Å². The Bertz CT molecular complexity index is 1170. The van der Waals surface area contributed by atoms with E-state index < -0.39 is 29.6 Å². The lowest BCUT2D eigenvalue weighted by atomic mass is 9.91. The largest absolute Gasteiger partial charge is 0.459 e. The number of allylic oxidation sites excluding steroid dienone is 2. The number of aryl methyl sites for hydroxylation is 1. The molecule has 1 aliphatic heterocycles. The second-order valence-electron chi connectivity index (χ2n) is 7.54. The number of imide groups is 1. The molecule has 0 saturated carbocycles. The smallest absolute Gasteiger partial charge is 0.273 e. The SMILES string of the molecule is Cc1cc(Cn2ccc(C(F)(F)C(F)(F)F)n2)ccc1N1C(=O)C2C=CC=C(I)C2C1=O. The van der Waals surface area contributed by atoms with Crippen LogP contribution in [0.2, 0.25) is 0 Å². The average Bonchev–Trinajstić information content (AvgIpc) is 3.26. The van der Waals surface area contributed by atoms with Crippen LogP contribution in [0.25, 0.3) is 0 Å². The van der Waals surface area contributed by atoms with Crippen molar-refractivity contribution in [1.29, 1.82) is 0 Å². The number of amides is 2. The van der Waals surface area contributed by atoms with E-state index in [2.05, 4.69) is 5.10 Å². The summed E-state index contributed by atoms with van der Waals surface area (Å²) in [7, 11) is 0. The predicted octanol–water partition coefficient (Wildman–Crippen LogP) is 4.89. The van der Waals surface area contributed by atoms with Crippen molar-refractivity contribution in [3.63, 3.8) is 0 Å². The van der Waals surface area contributed by atoms with Crippen molar-refractivity contribution < 1.29 is 31.5 Å². The number of anilines is 1. The Morgan fingerprint density at radius 1 is 1.09 bits per heavy atom. The van der Waals surface area contributed by atoms with E-state index in [9.17, 15) is 31.5 Å². The van der Waals surface area contributed by atoms with Crippen molar-refractivity contribution >= 4 is 40.1 Å². The Labute approximate surface area is 192 Å². The molecule has 0 N–H and O–H groups in total. The first kappa shape index (κ1) is 22.6. The van der Waals surface area contributed by atoms with Crippen LogP contribution in [0.4, 0.5) is 27.6 Å². The van der Waals surface area contributed by atoms with Gasteiger partial charge in [-0.05, 0) is 52.8 Å². The predicted molar refractivity (Wildman–Crippen MR) is 113 cm³/mol. The first-order chi connectivity index (χ1) is 14.9. The summed E-state index contributed by atoms with van der Waals surface area (Å²) in [6.45, 7) is 1.62. The zero-order valence-corrected chi connectivity index (χ0v) is 18.6. The fourth-order valence-electron chi connectivity index (χ4n) is 3.80. The van der Waals surface area contributed by atoms with Gasteiger partial charge in [-0.15, -0.1) is 0 Å². The highest BCUT2D eigenvalue weighted by molar-refractivity contribution is 14.1. The zero-order chi connectivity index (χ0) is 23.4. The molecule has 0 bridgehead atoms. The summed E-state index contributed by atoms with van der Waals surface area (Å²) in [5, 5.41) is 3.37. The molecule has 1 fully saturated rings. The highest BCUT2D eigenvalue weighted by atomic mass is 127. The summed E-state index contributed by atoms with van der Waals surface area (Å²) in [5.41, 5.74) is 0.159. The van der Waals surface area contributed by atoms with Crippen molar-refractivity contribution in [1.82, 2.24) is 9.78 Å². The van der Waals surface area contributed by atoms with Crippen LogP contribution in [0.1, 0.15) is 16.8 Å². The van der Waals surface area contributed by atoms with Gasteiger partial charge in [-0.25, -0.2) is 4.90 Å². The van der Waals surface area contributed by atoms with Gasteiger partial charge < -0.3 is 0 Å². The van der Waals surface area contributed by atoms with Crippen LogP contribution in [0.3, 0.4) is 0 Å². The van der Waals surface area contributed by atoms with Gasteiger partial charge in [-0.2, -0.15) is 27.1 Å². The lowest BCUT2D eigenvalue weighted by molar-refractivity contribution is -0.291. The minimum absolute atomic E-state index is 0.0639. The maximum absolute atomic E-state index is 13.5. The first-order valence-corrected chi connectivity index (χ1v) is 10.5. The minimum Gasteiger partial charge on any atom is -0.273 e. The number of aromatic nitrogens is 2. The summed E-state index contributed by atoms with van der Waals surface area (Å²) in [6, 6.07) is 5.40. The van der Waals surface area contributed by atoms with Gasteiger partial charge in [-0.1, -0.05) is 30.4 Å². The summed E-state index contributed by atoms with van der Waals surface area (Å²) < 4.78 is 66.2. The molecule has 2 heterocycles. The number of fused-ring (bicyclic) bond motifs is 1. The highest BCUT2D eigenvalue weighted by Gasteiger charge is 2.60. The number of benzene rings is 1. The third-order valence-corrected chi connectivity index (χ3v) is 6.42. The molecular formula is C21H15F5IN3O2. The summed E-state index contributed by atoms with van der Waals surface area (Å²) in [4.78, 5) is 26.9. The number of carbonyl (C=O) groups excluding carboxylic acids is 2. The van der Waals surface area contributed by atoms with E-state index in [1.165, 1.54) is 0 Å². The van der Waals surface area contributed by atoms with Gasteiger partial charge in [0.25, 0.3) is 0 Å². The lowest BCUT2D eigenvalue weighted by Gasteiger charge is -2.18. The molecule has 4 rings (SSSR count). The zero-order valence-electron chi connectivity index (χ0n) is 16.4. The quantitative estimate of drug-likeness (QED) is 0.303. The first-order valence-electron chi connectivity index (χ1n) is 9.41. The van der Waals surface area contributed by atoms with E-state index >= 15 is 0 Å². The number of hydrogen-bond acceptors (Lipinski definition) is 3. The van der Waals surface area contributed by atoms with Gasteiger partial charge >= 0.3 is 12.1 Å². The van der Waals surface area contributed by atoms with Crippen molar-refractivity contribution in [3.05, 3.63) is 69.1 Å². The van der Waals surface area contributed by atoms with E-state index in [0.29, 0.717) is 22.9 Å². The monoisotopic (exact) mass is 563 g/mol. The molecule has 2 aromatic rings. The number of nitrogens with zero attached hydrogens (tertiary/aromatic N) is 3. The summed E-state index contributed by atoms with van der Waals surface area (Å²) in [6.07, 6.45) is 0.527. The topological polar surface area (TPSA) is 55.2 Å². The average molecular weight is 563 g/mol. The standard InChI is InChI=1S/C21H15F5IN3O2/c1-11-9-12(10-29-8-7-16(28-29)20(22,23)21(24,25)26)5-6-15(11)30-18(31)13-3-2-4-14(27)17(13)19(30)32/h2-9,13,17H,10H2,1H3. The fourth-order valence-corrected chi connectivity index (χ4v) is 4.66. The summed E-state index contributed by atoms with van der Waals surface area (Å²) >= 11 is 2.04. The molecule has 2 aliphatic rings. The number of alkyl halides is 5. The van der Waals surface area contributed by atoms with Crippen LogP contribution in [0, 0.1) is 18.8 Å². The third kappa shape index (κ3) is 3.65. The van der Waals surface area contributed by atoms with Gasteiger partial charge in [0, 0.05) is 9.78 Å². The molecule has 1 aliphatic carbocycles. The Morgan fingerprint density at radius 3 is 2.44 bits per heavy atom. The molecule has 0 radical (unpaired) electrons. The number of rotatable bonds is 4. The molecule has 1 aromatic heterocycles. The number of hydrogen-bond donors (Lipinski definition) is 0. The molecule has 168 valence electrons. The van der Waals surface area contributed by atoms with Gasteiger partial charge in [-0.3, -0.25) is 14.3 Å². The molecule has 1 aromatic carbocycles. The molecule has 2 unspecified atom stereocenters. The van der Waals surface area contributed by atoms with E-state index in [0.717, 1.165) is 19.4 Å². The maximum Gasteiger partial charge on any atom is 0.459 e. The molecular weight excluding hydrogens is 548 g/mol. The van der Waals surface area contributed by atoms with Crippen LogP contribution in [0.5, 0.6) is 0 Å². The Kier molecular flexibility index (Phi) is 5.50. The second kappa shape index (κ2) is 7.78. The molecule has 2 amide bonds. The number of halogens is 6. The van der Waals surface area contributed by atoms with E-state index in [1.54, 1.807) is 43.4 Å². The summed E-state index contributed by atoms with van der Waals surface area (Å²) in [5.74, 6) is -6.82. The van der Waals surface area contributed by atoms with Crippen molar-refractivity contribution in [3.8, 4) is 0 Å². The van der Waals surface area contributed by atoms with Crippen LogP contribution in [-0.2, 0) is 22.1 Å². The maximum atomic E-state index is 13.5. The van der Waals surface area contributed by atoms with Gasteiger partial charge in [0.2, 0.25) is 11.8 Å². The molecule has 1 saturated heterocycles. The third-order valence-electron chi connectivity index (χ3n) is 5.39. The van der Waals surface area contributed by atoms with E-state index in [4.69, 9.17) is 0 Å². The van der Waals surface area contributed by atoms with Gasteiger partial charge in [0.1, 0.15) is 5.69 Å². The molecule has 0 spiro atoms. The normalized spacial score (nSPS) is 21.2. The number of carbonyl (C=O) groups is 2. The van der Waals surface area contributed by atoms with Gasteiger partial charge in [0.15, 0.2) is 0 Å².